The van der Waals surface area contributed by atoms with Crippen molar-refractivity contribution in [3.8, 4) is 23.0 Å². The summed E-state index contributed by atoms with van der Waals surface area (Å²) in [6.07, 6.45) is 7.39. The van der Waals surface area contributed by atoms with Crippen LogP contribution in [0.25, 0.3) is 23.0 Å². The van der Waals surface area contributed by atoms with Crippen LogP contribution in [-0.4, -0.2) is 38.2 Å². The lowest BCUT2D eigenvalue weighted by molar-refractivity contribution is 0.906. The lowest BCUT2D eigenvalue weighted by Gasteiger charge is -2.15. The average Bonchev–Trinajstić information content (AvgIpc) is 3.06. The third-order valence-corrected chi connectivity index (χ3v) is 3.43. The van der Waals surface area contributed by atoms with Gasteiger partial charge in [0.15, 0.2) is 11.6 Å². The minimum atomic E-state index is 0.840. The molecule has 0 aliphatic heterocycles. The molecule has 6 nitrogen and oxygen atoms in total. The van der Waals surface area contributed by atoms with Gasteiger partial charge in [0, 0.05) is 58.7 Å². The summed E-state index contributed by atoms with van der Waals surface area (Å²) in [5.41, 5.74) is 2.75. The van der Waals surface area contributed by atoms with Gasteiger partial charge in [-0.25, -0.2) is 15.0 Å². The standard InChI is InChI=1S/C15H18N6/c1-19(2)11-9-12(14-16-5-7-20(14)3)18-13(10-11)15-17-6-8-21(15)4/h5-10H,1-4H3. The van der Waals surface area contributed by atoms with Crippen LogP contribution in [0.15, 0.2) is 36.9 Å². The number of pyridine rings is 1. The maximum absolute atomic E-state index is 4.73. The fourth-order valence-corrected chi connectivity index (χ4v) is 2.23. The van der Waals surface area contributed by atoms with E-state index in [0.29, 0.717) is 0 Å². The van der Waals surface area contributed by atoms with Crippen LogP contribution in [-0.2, 0) is 14.1 Å². The second-order valence-electron chi connectivity index (χ2n) is 5.21. The highest BCUT2D eigenvalue weighted by Gasteiger charge is 2.13. The smallest absolute Gasteiger partial charge is 0.158 e. The number of nitrogens with zero attached hydrogens (tertiary/aromatic N) is 6. The Morgan fingerprint density at radius 3 is 1.67 bits per heavy atom. The quantitative estimate of drug-likeness (QED) is 0.737. The van der Waals surface area contributed by atoms with Gasteiger partial charge in [-0.1, -0.05) is 0 Å². The Labute approximate surface area is 123 Å². The molecule has 0 aromatic carbocycles. The van der Waals surface area contributed by atoms with Gasteiger partial charge >= 0.3 is 0 Å². The van der Waals surface area contributed by atoms with E-state index in [4.69, 9.17) is 4.98 Å². The summed E-state index contributed by atoms with van der Waals surface area (Å²) >= 11 is 0. The van der Waals surface area contributed by atoms with Gasteiger partial charge in [0.05, 0.1) is 0 Å². The summed E-state index contributed by atoms with van der Waals surface area (Å²) in [7, 11) is 7.96. The topological polar surface area (TPSA) is 51.8 Å². The molecule has 3 rings (SSSR count). The van der Waals surface area contributed by atoms with Crippen LogP contribution >= 0.6 is 0 Å². The molecule has 0 fully saturated rings. The average molecular weight is 282 g/mol. The molecule has 0 amide bonds. The van der Waals surface area contributed by atoms with Crippen molar-refractivity contribution < 1.29 is 0 Å². The molecule has 0 bridgehead atoms. The largest absolute Gasteiger partial charge is 0.378 e. The fourth-order valence-electron chi connectivity index (χ4n) is 2.23. The first kappa shape index (κ1) is 13.4. The molecule has 0 saturated carbocycles. The molecule has 3 aromatic rings. The van der Waals surface area contributed by atoms with Crippen LogP contribution in [0.2, 0.25) is 0 Å². The van der Waals surface area contributed by atoms with E-state index in [0.717, 1.165) is 28.7 Å². The van der Waals surface area contributed by atoms with Gasteiger partial charge in [-0.15, -0.1) is 0 Å². The molecule has 0 spiro atoms. The van der Waals surface area contributed by atoms with Crippen molar-refractivity contribution >= 4 is 5.69 Å². The highest BCUT2D eigenvalue weighted by atomic mass is 15.1. The number of hydrogen-bond acceptors (Lipinski definition) is 4. The SMILES string of the molecule is CN(C)c1cc(-c2nccn2C)nc(-c2nccn2C)c1. The van der Waals surface area contributed by atoms with Crippen LogP contribution < -0.4 is 4.90 Å². The molecule has 0 atom stereocenters. The zero-order valence-electron chi connectivity index (χ0n) is 12.6. The van der Waals surface area contributed by atoms with Gasteiger partial charge in [-0.2, -0.15) is 0 Å². The molecule has 0 N–H and O–H groups in total. The molecular formula is C15H18N6. The summed E-state index contributed by atoms with van der Waals surface area (Å²) in [5, 5.41) is 0. The molecule has 0 radical (unpaired) electrons. The second kappa shape index (κ2) is 5.05. The van der Waals surface area contributed by atoms with Crippen LogP contribution in [0, 0.1) is 0 Å². The second-order valence-corrected chi connectivity index (χ2v) is 5.21. The van der Waals surface area contributed by atoms with Crippen molar-refractivity contribution in [2.24, 2.45) is 14.1 Å². The lowest BCUT2D eigenvalue weighted by atomic mass is 10.2. The summed E-state index contributed by atoms with van der Waals surface area (Å²) in [4.78, 5) is 15.6. The van der Waals surface area contributed by atoms with Crippen LogP contribution in [0.5, 0.6) is 0 Å². The highest BCUT2D eigenvalue weighted by Crippen LogP contribution is 2.26. The van der Waals surface area contributed by atoms with E-state index in [1.54, 1.807) is 12.4 Å². The Morgan fingerprint density at radius 2 is 1.33 bits per heavy atom. The lowest BCUT2D eigenvalue weighted by Crippen LogP contribution is -2.10. The highest BCUT2D eigenvalue weighted by molar-refractivity contribution is 5.67. The van der Waals surface area contributed by atoms with Gasteiger partial charge in [-0.05, 0) is 12.1 Å². The first-order chi connectivity index (χ1) is 10.1. The Kier molecular flexibility index (Phi) is 3.21. The molecular weight excluding hydrogens is 264 g/mol. The number of imidazole rings is 2. The summed E-state index contributed by atoms with van der Waals surface area (Å²) in [5.74, 6) is 1.68. The van der Waals surface area contributed by atoms with Gasteiger partial charge < -0.3 is 14.0 Å². The summed E-state index contributed by atoms with van der Waals surface area (Å²) in [6, 6.07) is 4.07. The predicted octanol–water partition coefficient (Wildman–Crippen LogP) is 1.95. The van der Waals surface area contributed by atoms with E-state index < -0.39 is 0 Å². The summed E-state index contributed by atoms with van der Waals surface area (Å²) in [6.45, 7) is 0. The number of rotatable bonds is 3. The van der Waals surface area contributed by atoms with Crippen molar-refractivity contribution in [3.05, 3.63) is 36.9 Å². The van der Waals surface area contributed by atoms with Crippen molar-refractivity contribution in [1.29, 1.82) is 0 Å². The summed E-state index contributed by atoms with van der Waals surface area (Å²) < 4.78 is 3.92. The molecule has 0 saturated heterocycles. The van der Waals surface area contributed by atoms with Gasteiger partial charge in [-0.3, -0.25) is 0 Å². The van der Waals surface area contributed by atoms with Gasteiger partial charge in [0.25, 0.3) is 0 Å². The normalized spacial score (nSPS) is 10.9. The van der Waals surface area contributed by atoms with E-state index >= 15 is 0 Å². The van der Waals surface area contributed by atoms with Crippen LogP contribution in [0.1, 0.15) is 0 Å². The number of aromatic nitrogens is 5. The van der Waals surface area contributed by atoms with Crippen molar-refractivity contribution in [2.45, 2.75) is 0 Å². The number of anilines is 1. The van der Waals surface area contributed by atoms with Crippen molar-refractivity contribution in [1.82, 2.24) is 24.1 Å². The Morgan fingerprint density at radius 1 is 0.857 bits per heavy atom. The predicted molar refractivity (Wildman–Crippen MR) is 83.0 cm³/mol. The fraction of sp³-hybridized carbons (Fsp3) is 0.267. The Bertz CT molecular complexity index is 710. The van der Waals surface area contributed by atoms with E-state index in [1.807, 2.05) is 61.9 Å². The molecule has 6 heteroatoms. The molecule has 0 unspecified atom stereocenters. The molecule has 3 heterocycles. The van der Waals surface area contributed by atoms with Crippen molar-refractivity contribution in [3.63, 3.8) is 0 Å². The molecule has 108 valence electrons. The van der Waals surface area contributed by atoms with E-state index in [2.05, 4.69) is 14.9 Å². The van der Waals surface area contributed by atoms with Crippen LogP contribution in [0.4, 0.5) is 5.69 Å². The van der Waals surface area contributed by atoms with Gasteiger partial charge in [0.1, 0.15) is 11.4 Å². The maximum Gasteiger partial charge on any atom is 0.158 e. The van der Waals surface area contributed by atoms with Crippen LogP contribution in [0.3, 0.4) is 0 Å². The number of hydrogen-bond donors (Lipinski definition) is 0. The number of aryl methyl sites for hydroxylation is 2. The minimum Gasteiger partial charge on any atom is -0.378 e. The molecule has 3 aromatic heterocycles. The first-order valence-electron chi connectivity index (χ1n) is 6.71. The zero-order valence-corrected chi connectivity index (χ0v) is 12.6. The third kappa shape index (κ3) is 2.40. The Balaban J connectivity index is 2.20. The molecule has 0 aliphatic rings. The van der Waals surface area contributed by atoms with E-state index in [-0.39, 0.29) is 0 Å². The molecule has 21 heavy (non-hydrogen) atoms. The minimum absolute atomic E-state index is 0.840. The Hall–Kier alpha value is -2.63. The van der Waals surface area contributed by atoms with Gasteiger partial charge in [0.2, 0.25) is 0 Å². The third-order valence-electron chi connectivity index (χ3n) is 3.43. The van der Waals surface area contributed by atoms with E-state index in [9.17, 15) is 0 Å². The maximum atomic E-state index is 4.73. The molecule has 0 aliphatic carbocycles. The van der Waals surface area contributed by atoms with E-state index in [1.165, 1.54) is 0 Å². The monoisotopic (exact) mass is 282 g/mol. The van der Waals surface area contributed by atoms with Crippen molar-refractivity contribution in [2.75, 3.05) is 19.0 Å². The first-order valence-corrected chi connectivity index (χ1v) is 6.71. The zero-order chi connectivity index (χ0) is 15.0.